The lowest BCUT2D eigenvalue weighted by Crippen LogP contribution is -2.13. The van der Waals surface area contributed by atoms with E-state index in [0.717, 1.165) is 15.0 Å². The number of benzene rings is 1. The van der Waals surface area contributed by atoms with Gasteiger partial charge in [0.15, 0.2) is 10.1 Å². The molecule has 1 N–H and O–H groups in total. The number of halogens is 2. The Hall–Kier alpha value is -2.42. The van der Waals surface area contributed by atoms with E-state index < -0.39 is 0 Å². The zero-order valence-corrected chi connectivity index (χ0v) is 17.0. The fourth-order valence-electron chi connectivity index (χ4n) is 2.58. The van der Waals surface area contributed by atoms with Crippen molar-refractivity contribution in [2.45, 2.75) is 6.54 Å². The second-order valence-corrected chi connectivity index (χ2v) is 7.81. The summed E-state index contributed by atoms with van der Waals surface area (Å²) in [4.78, 5) is 17.4. The predicted octanol–water partition coefficient (Wildman–Crippen LogP) is 4.71. The van der Waals surface area contributed by atoms with Gasteiger partial charge < -0.3 is 5.32 Å². The molecule has 3 aromatic heterocycles. The second kappa shape index (κ2) is 7.67. The van der Waals surface area contributed by atoms with E-state index in [0.29, 0.717) is 23.2 Å². The Morgan fingerprint density at radius 2 is 2.11 bits per heavy atom. The van der Waals surface area contributed by atoms with Gasteiger partial charge in [0.25, 0.3) is 0 Å². The van der Waals surface area contributed by atoms with Gasteiger partial charge in [0.1, 0.15) is 5.82 Å². The number of carbonyl (C=O) groups excluding carboxylic acids is 1. The molecule has 0 aliphatic rings. The van der Waals surface area contributed by atoms with Crippen LogP contribution in [0.1, 0.15) is 11.3 Å². The van der Waals surface area contributed by atoms with Gasteiger partial charge in [-0.25, -0.2) is 9.67 Å². The van der Waals surface area contributed by atoms with Gasteiger partial charge in [-0.3, -0.25) is 9.20 Å². The van der Waals surface area contributed by atoms with E-state index in [1.807, 2.05) is 40.2 Å². The van der Waals surface area contributed by atoms with Gasteiger partial charge in [-0.15, -0.1) is 11.3 Å². The normalized spacial score (nSPS) is 11.5. The lowest BCUT2D eigenvalue weighted by molar-refractivity contribution is -0.111. The van der Waals surface area contributed by atoms with Crippen LogP contribution in [0.5, 0.6) is 0 Å². The number of aromatic nitrogens is 4. The van der Waals surface area contributed by atoms with E-state index in [9.17, 15) is 4.79 Å². The number of thiazole rings is 1. The fraction of sp³-hybridized carbons (Fsp3) is 0.0556. The van der Waals surface area contributed by atoms with Gasteiger partial charge in [-0.05, 0) is 23.8 Å². The first kappa shape index (κ1) is 18.0. The van der Waals surface area contributed by atoms with Crippen LogP contribution in [-0.2, 0) is 11.3 Å². The van der Waals surface area contributed by atoms with Gasteiger partial charge in [-0.1, -0.05) is 39.7 Å². The molecule has 4 rings (SSSR count). The van der Waals surface area contributed by atoms with Crippen molar-refractivity contribution < 1.29 is 4.79 Å². The maximum atomic E-state index is 12.3. The Balaban J connectivity index is 1.47. The number of carbonyl (C=O) groups is 1. The minimum absolute atomic E-state index is 0.270. The van der Waals surface area contributed by atoms with Gasteiger partial charge in [0.2, 0.25) is 5.91 Å². The minimum atomic E-state index is -0.270. The smallest absolute Gasteiger partial charge is 0.249 e. The van der Waals surface area contributed by atoms with Crippen molar-refractivity contribution in [1.82, 2.24) is 19.2 Å². The van der Waals surface area contributed by atoms with Crippen LogP contribution in [-0.4, -0.2) is 25.1 Å². The second-order valence-electron chi connectivity index (χ2n) is 5.67. The molecule has 4 aromatic rings. The number of anilines is 1. The molecule has 0 saturated carbocycles. The third-order valence-electron chi connectivity index (χ3n) is 3.86. The summed E-state index contributed by atoms with van der Waals surface area (Å²) in [6.07, 6.45) is 6.61. The predicted molar refractivity (Wildman–Crippen MR) is 111 cm³/mol. The number of amides is 1. The third-order valence-corrected chi connectivity index (χ3v) is 5.42. The number of hydrogen-bond donors (Lipinski definition) is 1. The third kappa shape index (κ3) is 3.97. The standard InChI is InChI=1S/C18H13BrClN5OS/c19-13-3-1-12(2-4-13)11-25-15(7-8-21-25)22-16(26)6-5-14-17(20)23-18-24(14)9-10-27-18/h1-10H,11H2,(H,22,26)/b6-5+. The van der Waals surface area contributed by atoms with E-state index in [1.54, 1.807) is 23.0 Å². The summed E-state index contributed by atoms with van der Waals surface area (Å²) < 4.78 is 4.59. The highest BCUT2D eigenvalue weighted by atomic mass is 79.9. The number of nitrogens with zero attached hydrogens (tertiary/aromatic N) is 4. The maximum absolute atomic E-state index is 12.3. The highest BCUT2D eigenvalue weighted by Crippen LogP contribution is 2.22. The zero-order valence-electron chi connectivity index (χ0n) is 13.8. The molecule has 1 amide bonds. The first-order chi connectivity index (χ1) is 13.1. The van der Waals surface area contributed by atoms with E-state index >= 15 is 0 Å². The number of fused-ring (bicyclic) bond motifs is 1. The molecule has 0 radical (unpaired) electrons. The molecule has 0 aliphatic carbocycles. The highest BCUT2D eigenvalue weighted by Gasteiger charge is 2.10. The first-order valence-electron chi connectivity index (χ1n) is 7.96. The summed E-state index contributed by atoms with van der Waals surface area (Å²) in [6.45, 7) is 0.559. The fourth-order valence-corrected chi connectivity index (χ4v) is 3.85. The van der Waals surface area contributed by atoms with Crippen molar-refractivity contribution in [3.05, 3.63) is 75.1 Å². The SMILES string of the molecule is O=C(/C=C/c1c(Cl)nc2sccn12)Nc1ccnn1Cc1ccc(Br)cc1. The first-order valence-corrected chi connectivity index (χ1v) is 10.0. The molecule has 0 fully saturated rings. The maximum Gasteiger partial charge on any atom is 0.249 e. The average Bonchev–Trinajstić information content (AvgIpc) is 3.33. The summed E-state index contributed by atoms with van der Waals surface area (Å²) in [6, 6.07) is 9.71. The molecule has 0 spiro atoms. The number of nitrogens with one attached hydrogen (secondary N) is 1. The molecular weight excluding hydrogens is 450 g/mol. The molecule has 0 atom stereocenters. The lowest BCUT2D eigenvalue weighted by Gasteiger charge is -2.08. The Labute approximate surface area is 172 Å². The van der Waals surface area contributed by atoms with Gasteiger partial charge in [0, 0.05) is 28.2 Å². The minimum Gasteiger partial charge on any atom is -0.307 e. The summed E-state index contributed by atoms with van der Waals surface area (Å²) >= 11 is 11.0. The lowest BCUT2D eigenvalue weighted by atomic mass is 10.2. The number of hydrogen-bond acceptors (Lipinski definition) is 4. The van der Waals surface area contributed by atoms with E-state index in [4.69, 9.17) is 11.6 Å². The van der Waals surface area contributed by atoms with Crippen LogP contribution in [0, 0.1) is 0 Å². The van der Waals surface area contributed by atoms with E-state index in [2.05, 4.69) is 31.3 Å². The van der Waals surface area contributed by atoms with Crippen molar-refractivity contribution in [2.24, 2.45) is 0 Å². The molecule has 9 heteroatoms. The molecule has 0 aliphatic heterocycles. The molecule has 6 nitrogen and oxygen atoms in total. The van der Waals surface area contributed by atoms with Crippen molar-refractivity contribution in [1.29, 1.82) is 0 Å². The van der Waals surface area contributed by atoms with Gasteiger partial charge in [-0.2, -0.15) is 5.10 Å². The van der Waals surface area contributed by atoms with Crippen molar-refractivity contribution in [3.8, 4) is 0 Å². The van der Waals surface area contributed by atoms with Crippen LogP contribution in [0.15, 0.2) is 58.7 Å². The molecule has 136 valence electrons. The van der Waals surface area contributed by atoms with Crippen LogP contribution in [0.3, 0.4) is 0 Å². The summed E-state index contributed by atoms with van der Waals surface area (Å²) in [5.41, 5.74) is 1.75. The number of rotatable bonds is 5. The monoisotopic (exact) mass is 461 g/mol. The molecule has 27 heavy (non-hydrogen) atoms. The van der Waals surface area contributed by atoms with Gasteiger partial charge >= 0.3 is 0 Å². The van der Waals surface area contributed by atoms with E-state index in [-0.39, 0.29) is 5.91 Å². The summed E-state index contributed by atoms with van der Waals surface area (Å²) in [5, 5.41) is 9.40. The molecule has 1 aromatic carbocycles. The quantitative estimate of drug-likeness (QED) is 0.437. The Morgan fingerprint density at radius 3 is 2.93 bits per heavy atom. The zero-order chi connectivity index (χ0) is 18.8. The molecule has 0 saturated heterocycles. The molecular formula is C18H13BrClN5OS. The van der Waals surface area contributed by atoms with Gasteiger partial charge in [0.05, 0.1) is 18.4 Å². The van der Waals surface area contributed by atoms with Crippen LogP contribution >= 0.6 is 38.9 Å². The Kier molecular flexibility index (Phi) is 5.11. The molecule has 0 unspecified atom stereocenters. The topological polar surface area (TPSA) is 64.2 Å². The van der Waals surface area contributed by atoms with Crippen LogP contribution in [0.4, 0.5) is 5.82 Å². The van der Waals surface area contributed by atoms with Crippen molar-refractivity contribution >= 4 is 61.6 Å². The Bertz CT molecular complexity index is 1130. The summed E-state index contributed by atoms with van der Waals surface area (Å²) in [7, 11) is 0. The largest absolute Gasteiger partial charge is 0.307 e. The summed E-state index contributed by atoms with van der Waals surface area (Å²) in [5.74, 6) is 0.349. The van der Waals surface area contributed by atoms with Crippen LogP contribution < -0.4 is 5.32 Å². The van der Waals surface area contributed by atoms with E-state index in [1.165, 1.54) is 17.4 Å². The Morgan fingerprint density at radius 1 is 1.30 bits per heavy atom. The van der Waals surface area contributed by atoms with Crippen molar-refractivity contribution in [3.63, 3.8) is 0 Å². The van der Waals surface area contributed by atoms with Crippen LogP contribution in [0.25, 0.3) is 11.0 Å². The average molecular weight is 463 g/mol. The highest BCUT2D eigenvalue weighted by molar-refractivity contribution is 9.10. The van der Waals surface area contributed by atoms with Crippen molar-refractivity contribution in [2.75, 3.05) is 5.32 Å². The molecule has 0 bridgehead atoms. The number of imidazole rings is 1. The molecule has 3 heterocycles. The van der Waals surface area contributed by atoms with Crippen LogP contribution in [0.2, 0.25) is 5.15 Å².